The number of carboxylic acid groups (broad SMARTS) is 1. The van der Waals surface area contributed by atoms with Crippen LogP contribution in [0.1, 0.15) is 32.4 Å². The van der Waals surface area contributed by atoms with Crippen LogP contribution in [0, 0.1) is 0 Å². The molecule has 3 saturated heterocycles. The highest BCUT2D eigenvalue weighted by Crippen LogP contribution is 2.50. The molecule has 0 spiro atoms. The first kappa shape index (κ1) is 26.4. The van der Waals surface area contributed by atoms with Crippen LogP contribution in [0.3, 0.4) is 0 Å². The Bertz CT molecular complexity index is 1160. The fraction of sp³-hybridized carbons (Fsp3) is 0.478. The molecule has 14 heteroatoms. The predicted octanol–water partition coefficient (Wildman–Crippen LogP) is -0.922. The number of piperazine rings is 1. The van der Waals surface area contributed by atoms with E-state index >= 15 is 0 Å². The number of fused-ring (bicyclic) bond motifs is 1. The molecule has 1 unspecified atom stereocenters. The van der Waals surface area contributed by atoms with E-state index in [4.69, 9.17) is 0 Å². The number of carbonyl (C=O) groups excluding carboxylic acids is 5. The van der Waals surface area contributed by atoms with Crippen molar-refractivity contribution in [3.8, 4) is 0 Å². The average molecular weight is 534 g/mol. The van der Waals surface area contributed by atoms with Gasteiger partial charge in [0.25, 0.3) is 0 Å². The smallest absolute Gasteiger partial charge is 0.327 e. The molecule has 0 radical (unpaired) electrons. The summed E-state index contributed by atoms with van der Waals surface area (Å²) < 4.78 is -0.785. The molecule has 0 aliphatic carbocycles. The zero-order valence-corrected chi connectivity index (χ0v) is 21.1. The van der Waals surface area contributed by atoms with Gasteiger partial charge < -0.3 is 30.6 Å². The lowest BCUT2D eigenvalue weighted by molar-refractivity contribution is -0.165. The molecular formula is C23H27N5O8S. The van der Waals surface area contributed by atoms with Gasteiger partial charge in [0, 0.05) is 11.3 Å². The first-order chi connectivity index (χ1) is 17.4. The van der Waals surface area contributed by atoms with Gasteiger partial charge in [-0.15, -0.1) is 11.8 Å². The minimum atomic E-state index is -1.39. The largest absolute Gasteiger partial charge is 0.480 e. The Morgan fingerprint density at radius 2 is 1.78 bits per heavy atom. The highest BCUT2D eigenvalue weighted by atomic mass is 32.2. The number of carboxylic acids is 1. The number of carbonyl (C=O) groups is 6. The molecule has 0 saturated carbocycles. The maximum absolute atomic E-state index is 13.3. The van der Waals surface area contributed by atoms with Crippen molar-refractivity contribution in [1.29, 1.82) is 0 Å². The topological polar surface area (TPSA) is 177 Å². The normalized spacial score (nSPS) is 27.4. The van der Waals surface area contributed by atoms with Crippen molar-refractivity contribution in [2.75, 3.05) is 13.1 Å². The van der Waals surface area contributed by atoms with Crippen LogP contribution >= 0.6 is 11.8 Å². The summed E-state index contributed by atoms with van der Waals surface area (Å²) in [6.07, 6.45) is -1.39. The molecule has 3 heterocycles. The lowest BCUT2D eigenvalue weighted by Gasteiger charge is -2.44. The first-order valence-corrected chi connectivity index (χ1v) is 12.5. The van der Waals surface area contributed by atoms with E-state index in [-0.39, 0.29) is 6.54 Å². The third-order valence-electron chi connectivity index (χ3n) is 6.62. The molecule has 1 aromatic rings. The summed E-state index contributed by atoms with van der Waals surface area (Å²) in [6, 6.07) is 3.59. The number of nitrogens with one attached hydrogen (secondary N) is 2. The van der Waals surface area contributed by atoms with E-state index in [1.165, 1.54) is 16.7 Å². The van der Waals surface area contributed by atoms with Gasteiger partial charge in [-0.05, 0) is 26.3 Å². The maximum Gasteiger partial charge on any atom is 0.327 e. The number of urea groups is 1. The van der Waals surface area contributed by atoms with E-state index in [1.807, 2.05) is 0 Å². The summed E-state index contributed by atoms with van der Waals surface area (Å²) in [5.41, 5.74) is 0.339. The van der Waals surface area contributed by atoms with Gasteiger partial charge in [0.2, 0.25) is 11.8 Å². The number of imide groups is 1. The predicted molar refractivity (Wildman–Crippen MR) is 128 cm³/mol. The van der Waals surface area contributed by atoms with E-state index in [2.05, 4.69) is 10.6 Å². The van der Waals surface area contributed by atoms with E-state index in [0.29, 0.717) is 10.5 Å². The lowest BCUT2D eigenvalue weighted by atomic mass is 9.95. The van der Waals surface area contributed by atoms with E-state index in [1.54, 1.807) is 51.1 Å². The van der Waals surface area contributed by atoms with Crippen LogP contribution in [0.15, 0.2) is 30.3 Å². The molecule has 13 nitrogen and oxygen atoms in total. The van der Waals surface area contributed by atoms with Gasteiger partial charge in [0.15, 0.2) is 0 Å². The Morgan fingerprint density at radius 3 is 2.38 bits per heavy atom. The van der Waals surface area contributed by atoms with Crippen molar-refractivity contribution in [2.24, 2.45) is 0 Å². The van der Waals surface area contributed by atoms with Crippen molar-refractivity contribution >= 4 is 47.4 Å². The third-order valence-corrected chi connectivity index (χ3v) is 8.19. The van der Waals surface area contributed by atoms with Gasteiger partial charge in [0.05, 0.1) is 6.54 Å². The van der Waals surface area contributed by atoms with Crippen molar-refractivity contribution in [3.05, 3.63) is 35.9 Å². The third kappa shape index (κ3) is 4.50. The fourth-order valence-corrected chi connectivity index (χ4v) is 6.40. The summed E-state index contributed by atoms with van der Waals surface area (Å²) in [4.78, 5) is 78.3. The Hall–Kier alpha value is -3.65. The number of likely N-dealkylation sites (N-methyl/N-ethyl adjacent to an activating group) is 1. The zero-order valence-electron chi connectivity index (χ0n) is 20.3. The summed E-state index contributed by atoms with van der Waals surface area (Å²) in [7, 11) is 0. The number of benzene rings is 1. The van der Waals surface area contributed by atoms with Crippen molar-refractivity contribution in [1.82, 2.24) is 25.3 Å². The first-order valence-electron chi connectivity index (χ1n) is 11.6. The standard InChI is InChI=1S/C23H27N5O8S/c1-4-26-12(29)10-27(19(33)18(26)32)22(36)25-13(11-8-6-5-7-9-11)16(30)24-14-17(31)28-15(21(34)35)23(2,3)37-20(14)28/h5-9,12-15,20,29H,4,10H2,1-3H3,(H,24,30)(H,25,36)(H,34,35)/t12?,13-,14-,15+,20-/m1/s1. The van der Waals surface area contributed by atoms with E-state index < -0.39 is 76.6 Å². The highest BCUT2D eigenvalue weighted by molar-refractivity contribution is 8.01. The van der Waals surface area contributed by atoms with Crippen molar-refractivity contribution in [3.63, 3.8) is 0 Å². The molecule has 3 aliphatic heterocycles. The lowest BCUT2D eigenvalue weighted by Crippen LogP contribution is -2.71. The summed E-state index contributed by atoms with van der Waals surface area (Å²) in [5, 5.41) is 24.2. The van der Waals surface area contributed by atoms with Gasteiger partial charge in [-0.1, -0.05) is 30.3 Å². The number of nitrogens with zero attached hydrogens (tertiary/aromatic N) is 3. The molecule has 5 atom stereocenters. The maximum atomic E-state index is 13.3. The number of rotatable bonds is 6. The van der Waals surface area contributed by atoms with E-state index in [9.17, 15) is 39.0 Å². The number of β-lactam (4-membered cyclic amide) rings is 1. The Kier molecular flexibility index (Phi) is 6.90. The van der Waals surface area contributed by atoms with Crippen LogP contribution in [-0.2, 0) is 24.0 Å². The van der Waals surface area contributed by atoms with Gasteiger partial charge >= 0.3 is 23.8 Å². The minimum absolute atomic E-state index is 0.0708. The molecule has 3 aliphatic rings. The molecule has 0 bridgehead atoms. The van der Waals surface area contributed by atoms with Crippen LogP contribution in [0.2, 0.25) is 0 Å². The number of β-amino-alcohol motifs (C(OH)–C–C–N with tert-alkyl or cyclic N) is 1. The molecule has 37 heavy (non-hydrogen) atoms. The van der Waals surface area contributed by atoms with Crippen LogP contribution < -0.4 is 10.6 Å². The highest BCUT2D eigenvalue weighted by Gasteiger charge is 2.64. The Balaban J connectivity index is 1.52. The number of hydrogen-bond donors (Lipinski definition) is 4. The molecular weight excluding hydrogens is 506 g/mol. The zero-order chi connectivity index (χ0) is 27.2. The number of hydrogen-bond acceptors (Lipinski definition) is 8. The average Bonchev–Trinajstić information content (AvgIpc) is 3.11. The monoisotopic (exact) mass is 533 g/mol. The van der Waals surface area contributed by atoms with Crippen LogP contribution in [-0.4, -0.2) is 102 Å². The summed E-state index contributed by atoms with van der Waals surface area (Å²) >= 11 is 1.25. The van der Waals surface area contributed by atoms with Gasteiger partial charge in [-0.25, -0.2) is 9.59 Å². The number of aliphatic hydroxyl groups excluding tert-OH is 1. The van der Waals surface area contributed by atoms with Gasteiger partial charge in [-0.3, -0.25) is 24.1 Å². The minimum Gasteiger partial charge on any atom is -0.480 e. The number of aliphatic hydroxyl groups is 1. The number of thioether (sulfide) groups is 1. The fourth-order valence-electron chi connectivity index (χ4n) is 4.78. The van der Waals surface area contributed by atoms with Crippen LogP contribution in [0.25, 0.3) is 0 Å². The number of amides is 6. The van der Waals surface area contributed by atoms with Crippen LogP contribution in [0.5, 0.6) is 0 Å². The molecule has 198 valence electrons. The molecule has 6 amide bonds. The van der Waals surface area contributed by atoms with Crippen LogP contribution in [0.4, 0.5) is 4.79 Å². The van der Waals surface area contributed by atoms with Gasteiger partial charge in [-0.2, -0.15) is 0 Å². The summed E-state index contributed by atoms with van der Waals surface area (Å²) in [5.74, 6) is -4.66. The number of aliphatic carboxylic acids is 1. The SMILES string of the molecule is CCN1C(=O)C(=O)N(C(=O)N[C@@H](C(=O)N[C@@H]2C(=O)N3[C@@H]2SC(C)(C)[C@@H]3C(=O)O)c2ccccc2)CC1O. The van der Waals surface area contributed by atoms with Crippen molar-refractivity contribution in [2.45, 2.75) is 55.2 Å². The second-order valence-corrected chi connectivity index (χ2v) is 11.1. The molecule has 3 fully saturated rings. The molecule has 4 rings (SSSR count). The Labute approximate surface area is 216 Å². The molecule has 4 N–H and O–H groups in total. The second-order valence-electron chi connectivity index (χ2n) is 9.37. The molecule has 0 aromatic heterocycles. The van der Waals surface area contributed by atoms with Gasteiger partial charge in [0.1, 0.15) is 29.7 Å². The van der Waals surface area contributed by atoms with Crippen molar-refractivity contribution < 1.29 is 39.0 Å². The quantitative estimate of drug-likeness (QED) is 0.266. The molecule has 1 aromatic carbocycles. The summed E-state index contributed by atoms with van der Waals surface area (Å²) in [6.45, 7) is 4.58. The Morgan fingerprint density at radius 1 is 1.14 bits per heavy atom. The second kappa shape index (κ2) is 9.67. The van der Waals surface area contributed by atoms with E-state index in [0.717, 1.165) is 4.90 Å².